The SMILES string of the molecule is COc1cc(CNC(=O)C(C)(C)CCCOc2cc(C)ccc2C)ccc1OCCC(C)C. The zero-order chi connectivity index (χ0) is 24.4. The fourth-order valence-electron chi connectivity index (χ4n) is 3.44. The second-order valence-corrected chi connectivity index (χ2v) is 9.80. The van der Waals surface area contributed by atoms with Crippen molar-refractivity contribution in [3.63, 3.8) is 0 Å². The third-order valence-electron chi connectivity index (χ3n) is 5.80. The summed E-state index contributed by atoms with van der Waals surface area (Å²) in [5, 5.41) is 3.07. The molecule has 5 nitrogen and oxygen atoms in total. The van der Waals surface area contributed by atoms with Gasteiger partial charge in [0.25, 0.3) is 0 Å². The summed E-state index contributed by atoms with van der Waals surface area (Å²) in [5.41, 5.74) is 2.81. The van der Waals surface area contributed by atoms with E-state index in [4.69, 9.17) is 14.2 Å². The summed E-state index contributed by atoms with van der Waals surface area (Å²) in [6, 6.07) is 12.0. The van der Waals surface area contributed by atoms with Crippen LogP contribution in [0.1, 0.15) is 63.6 Å². The highest BCUT2D eigenvalue weighted by Crippen LogP contribution is 2.29. The van der Waals surface area contributed by atoms with Crippen LogP contribution in [0.2, 0.25) is 0 Å². The van der Waals surface area contributed by atoms with Gasteiger partial charge in [0.05, 0.1) is 20.3 Å². The van der Waals surface area contributed by atoms with Gasteiger partial charge in [0.15, 0.2) is 11.5 Å². The summed E-state index contributed by atoms with van der Waals surface area (Å²) in [6.07, 6.45) is 2.55. The first-order valence-electron chi connectivity index (χ1n) is 11.9. The van der Waals surface area contributed by atoms with Crippen molar-refractivity contribution in [1.82, 2.24) is 5.32 Å². The Balaban J connectivity index is 1.82. The van der Waals surface area contributed by atoms with E-state index < -0.39 is 5.41 Å². The fraction of sp³-hybridized carbons (Fsp3) is 0.536. The molecule has 0 aromatic heterocycles. The van der Waals surface area contributed by atoms with E-state index in [1.165, 1.54) is 5.56 Å². The van der Waals surface area contributed by atoms with Gasteiger partial charge in [-0.3, -0.25) is 4.79 Å². The monoisotopic (exact) mass is 455 g/mol. The lowest BCUT2D eigenvalue weighted by Gasteiger charge is -2.24. The quantitative estimate of drug-likeness (QED) is 0.363. The van der Waals surface area contributed by atoms with Crippen LogP contribution in [0.25, 0.3) is 0 Å². The average Bonchev–Trinajstić information content (AvgIpc) is 2.77. The van der Waals surface area contributed by atoms with E-state index in [1.807, 2.05) is 39.0 Å². The lowest BCUT2D eigenvalue weighted by Crippen LogP contribution is -2.36. The van der Waals surface area contributed by atoms with Crippen LogP contribution in [0.15, 0.2) is 36.4 Å². The molecular formula is C28H41NO4. The maximum absolute atomic E-state index is 12.8. The molecule has 0 heterocycles. The molecule has 2 aromatic rings. The zero-order valence-electron chi connectivity index (χ0n) is 21.4. The zero-order valence-corrected chi connectivity index (χ0v) is 21.4. The smallest absolute Gasteiger partial charge is 0.225 e. The summed E-state index contributed by atoms with van der Waals surface area (Å²) in [6.45, 7) is 14.1. The van der Waals surface area contributed by atoms with Gasteiger partial charge in [0.1, 0.15) is 5.75 Å². The highest BCUT2D eigenvalue weighted by Gasteiger charge is 2.27. The number of hydrogen-bond acceptors (Lipinski definition) is 4. The molecule has 0 aliphatic heterocycles. The second-order valence-electron chi connectivity index (χ2n) is 9.80. The van der Waals surface area contributed by atoms with Crippen LogP contribution in [0, 0.1) is 25.2 Å². The first-order valence-corrected chi connectivity index (χ1v) is 11.9. The molecule has 2 rings (SSSR count). The van der Waals surface area contributed by atoms with Gasteiger partial charge in [-0.25, -0.2) is 0 Å². The number of nitrogens with one attached hydrogen (secondary N) is 1. The summed E-state index contributed by atoms with van der Waals surface area (Å²) >= 11 is 0. The number of aryl methyl sites for hydroxylation is 2. The van der Waals surface area contributed by atoms with Crippen LogP contribution in [-0.4, -0.2) is 26.2 Å². The molecule has 33 heavy (non-hydrogen) atoms. The number of methoxy groups -OCH3 is 1. The Morgan fingerprint density at radius 1 is 0.970 bits per heavy atom. The number of rotatable bonds is 13. The maximum Gasteiger partial charge on any atom is 0.225 e. The van der Waals surface area contributed by atoms with Gasteiger partial charge in [0.2, 0.25) is 5.91 Å². The van der Waals surface area contributed by atoms with Crippen molar-refractivity contribution in [2.24, 2.45) is 11.3 Å². The summed E-state index contributed by atoms with van der Waals surface area (Å²) < 4.78 is 17.3. The van der Waals surface area contributed by atoms with Gasteiger partial charge in [-0.05, 0) is 73.9 Å². The molecule has 0 saturated heterocycles. The van der Waals surface area contributed by atoms with Crippen molar-refractivity contribution in [2.45, 2.75) is 67.3 Å². The van der Waals surface area contributed by atoms with E-state index in [9.17, 15) is 4.79 Å². The number of benzene rings is 2. The standard InChI is InChI=1S/C28H41NO4/c1-20(2)13-16-33-24-12-11-23(18-26(24)31-7)19-29-27(30)28(5,6)14-8-15-32-25-17-21(3)9-10-22(25)4/h9-12,17-18,20H,8,13-16,19H2,1-7H3,(H,29,30). The highest BCUT2D eigenvalue weighted by atomic mass is 16.5. The van der Waals surface area contributed by atoms with Crippen molar-refractivity contribution in [3.8, 4) is 17.2 Å². The van der Waals surface area contributed by atoms with E-state index in [0.717, 1.165) is 41.9 Å². The highest BCUT2D eigenvalue weighted by molar-refractivity contribution is 5.81. The molecule has 0 atom stereocenters. The van der Waals surface area contributed by atoms with E-state index in [2.05, 4.69) is 44.3 Å². The largest absolute Gasteiger partial charge is 0.493 e. The molecule has 0 fully saturated rings. The topological polar surface area (TPSA) is 56.8 Å². The Kier molecular flexibility index (Phi) is 10.1. The normalized spacial score (nSPS) is 11.4. The molecule has 0 spiro atoms. The van der Waals surface area contributed by atoms with Crippen LogP contribution in [-0.2, 0) is 11.3 Å². The van der Waals surface area contributed by atoms with Crippen LogP contribution in [0.5, 0.6) is 17.2 Å². The Morgan fingerprint density at radius 2 is 1.70 bits per heavy atom. The molecular weight excluding hydrogens is 414 g/mol. The van der Waals surface area contributed by atoms with Crippen LogP contribution < -0.4 is 19.5 Å². The van der Waals surface area contributed by atoms with Gasteiger partial charge >= 0.3 is 0 Å². The molecule has 0 radical (unpaired) electrons. The Morgan fingerprint density at radius 3 is 2.39 bits per heavy atom. The van der Waals surface area contributed by atoms with E-state index in [-0.39, 0.29) is 5.91 Å². The Bertz CT molecular complexity index is 905. The molecule has 2 aromatic carbocycles. The number of carbonyl (C=O) groups excluding carboxylic acids is 1. The molecule has 5 heteroatoms. The lowest BCUT2D eigenvalue weighted by atomic mass is 9.87. The summed E-state index contributed by atoms with van der Waals surface area (Å²) in [5.74, 6) is 2.96. The van der Waals surface area contributed by atoms with Crippen molar-refractivity contribution in [1.29, 1.82) is 0 Å². The summed E-state index contributed by atoms with van der Waals surface area (Å²) in [7, 11) is 1.64. The minimum Gasteiger partial charge on any atom is -0.493 e. The van der Waals surface area contributed by atoms with Gasteiger partial charge in [-0.1, -0.05) is 45.9 Å². The van der Waals surface area contributed by atoms with Crippen molar-refractivity contribution >= 4 is 5.91 Å². The van der Waals surface area contributed by atoms with Gasteiger partial charge in [-0.15, -0.1) is 0 Å². The third kappa shape index (κ3) is 8.64. The van der Waals surface area contributed by atoms with E-state index in [1.54, 1.807) is 7.11 Å². The fourth-order valence-corrected chi connectivity index (χ4v) is 3.44. The number of hydrogen-bond donors (Lipinski definition) is 1. The maximum atomic E-state index is 12.8. The second kappa shape index (κ2) is 12.5. The van der Waals surface area contributed by atoms with Crippen LogP contribution >= 0.6 is 0 Å². The molecule has 0 aliphatic rings. The van der Waals surface area contributed by atoms with Crippen LogP contribution in [0.3, 0.4) is 0 Å². The molecule has 0 aliphatic carbocycles. The minimum atomic E-state index is -0.477. The minimum absolute atomic E-state index is 0.0328. The lowest BCUT2D eigenvalue weighted by molar-refractivity contribution is -0.130. The number of amides is 1. The molecule has 182 valence electrons. The van der Waals surface area contributed by atoms with E-state index >= 15 is 0 Å². The van der Waals surface area contributed by atoms with Crippen molar-refractivity contribution < 1.29 is 19.0 Å². The number of ether oxygens (including phenoxy) is 3. The predicted molar refractivity (Wildman–Crippen MR) is 134 cm³/mol. The third-order valence-corrected chi connectivity index (χ3v) is 5.80. The van der Waals surface area contributed by atoms with Crippen LogP contribution in [0.4, 0.5) is 0 Å². The molecule has 0 saturated carbocycles. The Labute approximate surface area is 199 Å². The average molecular weight is 456 g/mol. The first-order chi connectivity index (χ1) is 15.6. The summed E-state index contributed by atoms with van der Waals surface area (Å²) in [4.78, 5) is 12.8. The van der Waals surface area contributed by atoms with Gasteiger partial charge < -0.3 is 19.5 Å². The molecule has 1 N–H and O–H groups in total. The van der Waals surface area contributed by atoms with Crippen molar-refractivity contribution in [3.05, 3.63) is 53.1 Å². The molecule has 0 unspecified atom stereocenters. The molecule has 1 amide bonds. The van der Waals surface area contributed by atoms with Crippen molar-refractivity contribution in [2.75, 3.05) is 20.3 Å². The predicted octanol–water partition coefficient (Wildman–Crippen LogP) is 6.24. The Hall–Kier alpha value is -2.69. The van der Waals surface area contributed by atoms with Gasteiger partial charge in [-0.2, -0.15) is 0 Å². The number of carbonyl (C=O) groups is 1. The molecule has 0 bridgehead atoms. The van der Waals surface area contributed by atoms with Gasteiger partial charge in [0, 0.05) is 12.0 Å². The van der Waals surface area contributed by atoms with E-state index in [0.29, 0.717) is 31.4 Å². The first kappa shape index (κ1) is 26.6.